The summed E-state index contributed by atoms with van der Waals surface area (Å²) < 4.78 is 5.05. The number of nitrogens with two attached hydrogens (primary N) is 1. The van der Waals surface area contributed by atoms with Gasteiger partial charge in [0.15, 0.2) is 0 Å². The molecule has 0 fully saturated rings. The molecule has 0 aromatic carbocycles. The second-order valence-corrected chi connectivity index (χ2v) is 4.72. The van der Waals surface area contributed by atoms with Crippen LogP contribution in [0.3, 0.4) is 0 Å². The zero-order valence-electron chi connectivity index (χ0n) is 9.89. The molecule has 0 spiro atoms. The van der Waals surface area contributed by atoms with Crippen molar-refractivity contribution in [2.45, 2.75) is 11.8 Å². The Morgan fingerprint density at radius 3 is 3.05 bits per heavy atom. The first-order valence-corrected chi connectivity index (χ1v) is 6.62. The highest BCUT2D eigenvalue weighted by molar-refractivity contribution is 7.98. The smallest absolute Gasteiger partial charge is 0.321 e. The number of nitrogens with zero attached hydrogens (tertiary/aromatic N) is 3. The van der Waals surface area contributed by atoms with Gasteiger partial charge >= 0.3 is 5.97 Å². The summed E-state index contributed by atoms with van der Waals surface area (Å²) in [5.74, 6) is 0.520. The van der Waals surface area contributed by atoms with Crippen LogP contribution in [0.2, 0.25) is 0 Å². The van der Waals surface area contributed by atoms with Crippen LogP contribution in [0.4, 0.5) is 0 Å². The molecule has 8 heteroatoms. The van der Waals surface area contributed by atoms with E-state index in [2.05, 4.69) is 15.1 Å². The van der Waals surface area contributed by atoms with E-state index in [9.17, 15) is 4.79 Å². The normalized spacial score (nSPS) is 12.3. The summed E-state index contributed by atoms with van der Waals surface area (Å²) in [6.07, 6.45) is 1.64. The van der Waals surface area contributed by atoms with Crippen molar-refractivity contribution >= 4 is 17.7 Å². The predicted molar refractivity (Wildman–Crippen MR) is 69.3 cm³/mol. The van der Waals surface area contributed by atoms with Gasteiger partial charge in [0.25, 0.3) is 0 Å². The van der Waals surface area contributed by atoms with Gasteiger partial charge in [-0.05, 0) is 12.1 Å². The number of carbonyl (C=O) groups is 1. The van der Waals surface area contributed by atoms with E-state index < -0.39 is 12.0 Å². The van der Waals surface area contributed by atoms with E-state index in [1.54, 1.807) is 18.3 Å². The Bertz CT molecular complexity index is 546. The minimum Gasteiger partial charge on any atom is -0.480 e. The Hall–Kier alpha value is -1.93. The predicted octanol–water partition coefficient (Wildman–Crippen LogP) is 0.777. The van der Waals surface area contributed by atoms with Gasteiger partial charge in [-0.15, -0.1) is 11.8 Å². The summed E-state index contributed by atoms with van der Waals surface area (Å²) >= 11 is 1.33. The van der Waals surface area contributed by atoms with Crippen molar-refractivity contribution in [3.63, 3.8) is 0 Å². The number of hydrogen-bond donors (Lipinski definition) is 2. The van der Waals surface area contributed by atoms with E-state index in [0.29, 0.717) is 23.2 Å². The molecule has 2 rings (SSSR count). The SMILES string of the molecule is NC(CSCc1nc(-c2ccccn2)no1)C(=O)O. The molecule has 0 radical (unpaired) electrons. The monoisotopic (exact) mass is 280 g/mol. The van der Waals surface area contributed by atoms with Crippen molar-refractivity contribution in [3.05, 3.63) is 30.3 Å². The van der Waals surface area contributed by atoms with Crippen LogP contribution in [0.15, 0.2) is 28.9 Å². The summed E-state index contributed by atoms with van der Waals surface area (Å²) in [5.41, 5.74) is 6.01. The second-order valence-electron chi connectivity index (χ2n) is 3.69. The topological polar surface area (TPSA) is 115 Å². The molecule has 2 heterocycles. The summed E-state index contributed by atoms with van der Waals surface area (Å²) in [6, 6.07) is 4.53. The highest BCUT2D eigenvalue weighted by Crippen LogP contribution is 2.16. The minimum absolute atomic E-state index is 0.288. The van der Waals surface area contributed by atoms with Crippen LogP contribution in [-0.2, 0) is 10.5 Å². The Balaban J connectivity index is 1.90. The molecule has 2 aromatic heterocycles. The van der Waals surface area contributed by atoms with Gasteiger partial charge in [0, 0.05) is 11.9 Å². The van der Waals surface area contributed by atoms with Crippen molar-refractivity contribution in [2.24, 2.45) is 5.73 Å². The standard InChI is InChI=1S/C11H12N4O3S/c12-7(11(16)17)5-19-6-9-14-10(15-18-9)8-3-1-2-4-13-8/h1-4,7H,5-6,12H2,(H,16,17). The van der Waals surface area contributed by atoms with Crippen LogP contribution in [0.25, 0.3) is 11.5 Å². The fraction of sp³-hybridized carbons (Fsp3) is 0.273. The van der Waals surface area contributed by atoms with Gasteiger partial charge < -0.3 is 15.4 Å². The summed E-state index contributed by atoms with van der Waals surface area (Å²) in [6.45, 7) is 0. The van der Waals surface area contributed by atoms with Gasteiger partial charge in [-0.25, -0.2) is 0 Å². The zero-order valence-corrected chi connectivity index (χ0v) is 10.7. The molecule has 100 valence electrons. The molecule has 0 saturated carbocycles. The number of rotatable bonds is 6. The first-order chi connectivity index (χ1) is 9.16. The number of thioether (sulfide) groups is 1. The maximum atomic E-state index is 10.5. The minimum atomic E-state index is -1.02. The summed E-state index contributed by atoms with van der Waals surface area (Å²) in [7, 11) is 0. The van der Waals surface area contributed by atoms with Crippen molar-refractivity contribution in [2.75, 3.05) is 5.75 Å². The molecule has 0 amide bonds. The molecular weight excluding hydrogens is 268 g/mol. The molecule has 1 atom stereocenters. The molecule has 19 heavy (non-hydrogen) atoms. The lowest BCUT2D eigenvalue weighted by molar-refractivity contribution is -0.137. The molecule has 7 nitrogen and oxygen atoms in total. The van der Waals surface area contributed by atoms with E-state index in [1.807, 2.05) is 6.07 Å². The molecule has 0 saturated heterocycles. The van der Waals surface area contributed by atoms with Gasteiger partial charge in [-0.1, -0.05) is 11.2 Å². The third kappa shape index (κ3) is 3.76. The Morgan fingerprint density at radius 2 is 2.37 bits per heavy atom. The first-order valence-electron chi connectivity index (χ1n) is 5.47. The maximum Gasteiger partial charge on any atom is 0.321 e. The van der Waals surface area contributed by atoms with Crippen molar-refractivity contribution in [1.29, 1.82) is 0 Å². The molecule has 0 bridgehead atoms. The highest BCUT2D eigenvalue weighted by Gasteiger charge is 2.13. The number of carboxylic acid groups (broad SMARTS) is 1. The average Bonchev–Trinajstić information content (AvgIpc) is 2.88. The maximum absolute atomic E-state index is 10.5. The van der Waals surface area contributed by atoms with Gasteiger partial charge in [-0.2, -0.15) is 4.98 Å². The van der Waals surface area contributed by atoms with Crippen molar-refractivity contribution in [3.8, 4) is 11.5 Å². The van der Waals surface area contributed by atoms with E-state index in [0.717, 1.165) is 0 Å². The largest absolute Gasteiger partial charge is 0.480 e. The molecule has 0 aliphatic rings. The van der Waals surface area contributed by atoms with Crippen molar-refractivity contribution in [1.82, 2.24) is 15.1 Å². The van der Waals surface area contributed by atoms with E-state index >= 15 is 0 Å². The lowest BCUT2D eigenvalue weighted by Gasteiger charge is -2.03. The first kappa shape index (κ1) is 13.5. The van der Waals surface area contributed by atoms with Crippen LogP contribution in [0.1, 0.15) is 5.89 Å². The van der Waals surface area contributed by atoms with Gasteiger partial charge in [0.1, 0.15) is 11.7 Å². The quantitative estimate of drug-likeness (QED) is 0.797. The van der Waals surface area contributed by atoms with Crippen LogP contribution in [0, 0.1) is 0 Å². The fourth-order valence-corrected chi connectivity index (χ4v) is 2.06. The van der Waals surface area contributed by atoms with Crippen LogP contribution in [0.5, 0.6) is 0 Å². The van der Waals surface area contributed by atoms with Crippen LogP contribution in [-0.4, -0.2) is 38.0 Å². The number of aromatic nitrogens is 3. The molecular formula is C11H12N4O3S. The molecule has 0 aliphatic carbocycles. The van der Waals surface area contributed by atoms with E-state index in [4.69, 9.17) is 15.4 Å². The number of carboxylic acids is 1. The van der Waals surface area contributed by atoms with E-state index in [-0.39, 0.29) is 5.75 Å². The van der Waals surface area contributed by atoms with Gasteiger partial charge in [0.05, 0.1) is 5.75 Å². The van der Waals surface area contributed by atoms with Gasteiger partial charge in [0.2, 0.25) is 11.7 Å². The fourth-order valence-electron chi connectivity index (χ4n) is 1.26. The third-order valence-electron chi connectivity index (χ3n) is 2.20. The van der Waals surface area contributed by atoms with Gasteiger partial charge in [-0.3, -0.25) is 9.78 Å². The molecule has 2 aromatic rings. The second kappa shape index (κ2) is 6.30. The van der Waals surface area contributed by atoms with Crippen molar-refractivity contribution < 1.29 is 14.4 Å². The molecule has 1 unspecified atom stereocenters. The lowest BCUT2D eigenvalue weighted by atomic mass is 10.3. The third-order valence-corrected chi connectivity index (χ3v) is 3.25. The Kier molecular flexibility index (Phi) is 4.48. The number of aliphatic carboxylic acids is 1. The molecule has 0 aliphatic heterocycles. The zero-order chi connectivity index (χ0) is 13.7. The number of hydrogen-bond acceptors (Lipinski definition) is 7. The van der Waals surface area contributed by atoms with Crippen LogP contribution >= 0.6 is 11.8 Å². The number of pyridine rings is 1. The average molecular weight is 280 g/mol. The van der Waals surface area contributed by atoms with Crippen LogP contribution < -0.4 is 5.73 Å². The summed E-state index contributed by atoms with van der Waals surface area (Å²) in [5, 5.41) is 12.4. The highest BCUT2D eigenvalue weighted by atomic mass is 32.2. The lowest BCUT2D eigenvalue weighted by Crippen LogP contribution is -2.32. The molecule has 3 N–H and O–H groups in total. The van der Waals surface area contributed by atoms with E-state index in [1.165, 1.54) is 11.8 Å². The Labute approximate surface area is 113 Å². The summed E-state index contributed by atoms with van der Waals surface area (Å²) in [4.78, 5) is 18.8. The Morgan fingerprint density at radius 1 is 1.53 bits per heavy atom.